The Kier molecular flexibility index (Phi) is 3.09. The number of amides is 1. The Hall–Kier alpha value is -1.52. The highest BCUT2D eigenvalue weighted by Gasteiger charge is 2.28. The maximum atomic E-state index is 12.0. The van der Waals surface area contributed by atoms with Crippen LogP contribution in [0.5, 0.6) is 0 Å². The first-order valence-electron chi connectivity index (χ1n) is 6.27. The van der Waals surface area contributed by atoms with Crippen LogP contribution in [-0.2, 0) is 24.8 Å². The lowest BCUT2D eigenvalue weighted by atomic mass is 10.1. The summed E-state index contributed by atoms with van der Waals surface area (Å²) in [6.45, 7) is 8.96. The Labute approximate surface area is 108 Å². The summed E-state index contributed by atoms with van der Waals surface area (Å²) in [5, 5.41) is 4.45. The Morgan fingerprint density at radius 2 is 2.06 bits per heavy atom. The van der Waals surface area contributed by atoms with Gasteiger partial charge in [0.05, 0.1) is 12.2 Å². The van der Waals surface area contributed by atoms with Gasteiger partial charge < -0.3 is 9.64 Å². The van der Waals surface area contributed by atoms with E-state index in [1.54, 1.807) is 4.90 Å². The minimum Gasteiger partial charge on any atom is -0.444 e. The molecule has 0 radical (unpaired) electrons. The summed E-state index contributed by atoms with van der Waals surface area (Å²) in [6, 6.07) is 0. The normalized spacial score (nSPS) is 15.5. The number of carbonyl (C=O) groups is 1. The van der Waals surface area contributed by atoms with Crippen molar-refractivity contribution in [1.82, 2.24) is 14.7 Å². The lowest BCUT2D eigenvalue weighted by Gasteiger charge is -2.29. The summed E-state index contributed by atoms with van der Waals surface area (Å²) in [5.74, 6) is 0. The van der Waals surface area contributed by atoms with Crippen LogP contribution in [0.1, 0.15) is 37.7 Å². The van der Waals surface area contributed by atoms with E-state index in [-0.39, 0.29) is 6.09 Å². The van der Waals surface area contributed by atoms with Crippen molar-refractivity contribution in [1.29, 1.82) is 0 Å². The van der Waals surface area contributed by atoms with Gasteiger partial charge in [-0.05, 0) is 39.7 Å². The first kappa shape index (κ1) is 12.9. The second kappa shape index (κ2) is 4.30. The van der Waals surface area contributed by atoms with Gasteiger partial charge in [0.2, 0.25) is 0 Å². The van der Waals surface area contributed by atoms with E-state index in [9.17, 15) is 4.79 Å². The van der Waals surface area contributed by atoms with Crippen LogP contribution in [0.25, 0.3) is 0 Å². The van der Waals surface area contributed by atoms with E-state index in [0.717, 1.165) is 12.1 Å². The zero-order valence-corrected chi connectivity index (χ0v) is 11.8. The third-order valence-electron chi connectivity index (χ3n) is 3.17. The van der Waals surface area contributed by atoms with Gasteiger partial charge in [-0.15, -0.1) is 0 Å². The molecule has 5 heteroatoms. The van der Waals surface area contributed by atoms with Crippen molar-refractivity contribution in [3.05, 3.63) is 17.0 Å². The van der Waals surface area contributed by atoms with Gasteiger partial charge in [0, 0.05) is 19.3 Å². The molecule has 18 heavy (non-hydrogen) atoms. The molecule has 0 spiro atoms. The molecule has 2 rings (SSSR count). The second-order valence-corrected chi connectivity index (χ2v) is 5.79. The van der Waals surface area contributed by atoms with E-state index in [2.05, 4.69) is 12.0 Å². The number of hydrogen-bond donors (Lipinski definition) is 0. The van der Waals surface area contributed by atoms with Gasteiger partial charge in [-0.2, -0.15) is 5.10 Å². The lowest BCUT2D eigenvalue weighted by molar-refractivity contribution is 0.0221. The van der Waals surface area contributed by atoms with E-state index in [1.165, 1.54) is 11.3 Å². The molecule has 1 aliphatic heterocycles. The predicted molar refractivity (Wildman–Crippen MR) is 68.3 cm³/mol. The first-order valence-corrected chi connectivity index (χ1v) is 6.27. The maximum absolute atomic E-state index is 12.0. The van der Waals surface area contributed by atoms with Crippen LogP contribution in [-0.4, -0.2) is 32.9 Å². The SMILES string of the molecule is Cc1c2c(nn1C)CN(C(=O)OC(C)(C)C)CC2. The Morgan fingerprint density at radius 3 is 2.67 bits per heavy atom. The molecule has 0 aliphatic carbocycles. The van der Waals surface area contributed by atoms with E-state index in [1.807, 2.05) is 32.5 Å². The largest absolute Gasteiger partial charge is 0.444 e. The van der Waals surface area contributed by atoms with E-state index in [0.29, 0.717) is 13.1 Å². The highest BCUT2D eigenvalue weighted by molar-refractivity contribution is 5.68. The quantitative estimate of drug-likeness (QED) is 0.708. The van der Waals surface area contributed by atoms with Gasteiger partial charge in [-0.25, -0.2) is 4.79 Å². The molecule has 1 aromatic heterocycles. The van der Waals surface area contributed by atoms with E-state index >= 15 is 0 Å². The molecule has 1 amide bonds. The van der Waals surface area contributed by atoms with Crippen LogP contribution >= 0.6 is 0 Å². The molecule has 0 bridgehead atoms. The lowest BCUT2D eigenvalue weighted by Crippen LogP contribution is -2.39. The number of fused-ring (bicyclic) bond motifs is 1. The van der Waals surface area contributed by atoms with Crippen molar-refractivity contribution >= 4 is 6.09 Å². The minimum absolute atomic E-state index is 0.253. The van der Waals surface area contributed by atoms with E-state index in [4.69, 9.17) is 4.74 Å². The third kappa shape index (κ3) is 2.49. The average Bonchev–Trinajstić information content (AvgIpc) is 2.52. The molecule has 0 fully saturated rings. The number of rotatable bonds is 0. The van der Waals surface area contributed by atoms with Crippen LogP contribution in [0.2, 0.25) is 0 Å². The number of aryl methyl sites for hydroxylation is 1. The van der Waals surface area contributed by atoms with Gasteiger partial charge in [-0.3, -0.25) is 4.68 Å². The molecule has 0 N–H and O–H groups in total. The number of hydrogen-bond acceptors (Lipinski definition) is 3. The molecule has 0 saturated carbocycles. The van der Waals surface area contributed by atoms with Crippen molar-refractivity contribution < 1.29 is 9.53 Å². The summed E-state index contributed by atoms with van der Waals surface area (Å²) >= 11 is 0. The maximum Gasteiger partial charge on any atom is 0.410 e. The standard InChI is InChI=1S/C13H21N3O2/c1-9-10-6-7-16(8-11(10)14-15(9)5)12(17)18-13(2,3)4/h6-8H2,1-5H3. The molecule has 0 aromatic carbocycles. The number of aromatic nitrogens is 2. The van der Waals surface area contributed by atoms with Gasteiger partial charge in [0.25, 0.3) is 0 Å². The third-order valence-corrected chi connectivity index (χ3v) is 3.17. The van der Waals surface area contributed by atoms with Crippen LogP contribution in [0.3, 0.4) is 0 Å². The first-order chi connectivity index (χ1) is 8.28. The fraction of sp³-hybridized carbons (Fsp3) is 0.692. The Balaban J connectivity index is 2.10. The number of nitrogens with zero attached hydrogens (tertiary/aromatic N) is 3. The molecule has 2 heterocycles. The van der Waals surface area contributed by atoms with Gasteiger partial charge in [0.15, 0.2) is 0 Å². The summed E-state index contributed by atoms with van der Waals surface area (Å²) in [5.41, 5.74) is 3.01. The van der Waals surface area contributed by atoms with Crippen LogP contribution < -0.4 is 0 Å². The highest BCUT2D eigenvalue weighted by atomic mass is 16.6. The summed E-state index contributed by atoms with van der Waals surface area (Å²) in [7, 11) is 1.94. The summed E-state index contributed by atoms with van der Waals surface area (Å²) in [4.78, 5) is 13.7. The van der Waals surface area contributed by atoms with Crippen molar-refractivity contribution in [2.45, 2.75) is 46.3 Å². The molecular formula is C13H21N3O2. The van der Waals surface area contributed by atoms with Crippen molar-refractivity contribution in [2.24, 2.45) is 7.05 Å². The van der Waals surface area contributed by atoms with Crippen LogP contribution in [0.4, 0.5) is 4.79 Å². The van der Waals surface area contributed by atoms with Crippen molar-refractivity contribution in [3.63, 3.8) is 0 Å². The fourth-order valence-electron chi connectivity index (χ4n) is 2.16. The van der Waals surface area contributed by atoms with Crippen LogP contribution in [0, 0.1) is 6.92 Å². The summed E-state index contributed by atoms with van der Waals surface area (Å²) in [6.07, 6.45) is 0.602. The fourth-order valence-corrected chi connectivity index (χ4v) is 2.16. The minimum atomic E-state index is -0.447. The number of ether oxygens (including phenoxy) is 1. The molecular weight excluding hydrogens is 230 g/mol. The van der Waals surface area contributed by atoms with Gasteiger partial charge in [0.1, 0.15) is 5.60 Å². The highest BCUT2D eigenvalue weighted by Crippen LogP contribution is 2.22. The Bertz CT molecular complexity index is 471. The second-order valence-electron chi connectivity index (χ2n) is 5.79. The van der Waals surface area contributed by atoms with Gasteiger partial charge >= 0.3 is 6.09 Å². The van der Waals surface area contributed by atoms with Gasteiger partial charge in [-0.1, -0.05) is 0 Å². The molecule has 100 valence electrons. The number of carbonyl (C=O) groups excluding carboxylic acids is 1. The zero-order chi connectivity index (χ0) is 13.5. The van der Waals surface area contributed by atoms with Crippen molar-refractivity contribution in [2.75, 3.05) is 6.54 Å². The average molecular weight is 251 g/mol. The van der Waals surface area contributed by atoms with E-state index < -0.39 is 5.60 Å². The van der Waals surface area contributed by atoms with Crippen LogP contribution in [0.15, 0.2) is 0 Å². The predicted octanol–water partition coefficient (Wildman–Crippen LogP) is 2.02. The monoisotopic (exact) mass is 251 g/mol. The molecule has 0 unspecified atom stereocenters. The zero-order valence-electron chi connectivity index (χ0n) is 11.8. The molecule has 1 aromatic rings. The summed E-state index contributed by atoms with van der Waals surface area (Å²) < 4.78 is 7.26. The Morgan fingerprint density at radius 1 is 1.39 bits per heavy atom. The molecule has 0 atom stereocenters. The molecule has 0 saturated heterocycles. The topological polar surface area (TPSA) is 47.4 Å². The molecule has 5 nitrogen and oxygen atoms in total. The molecule has 1 aliphatic rings. The smallest absolute Gasteiger partial charge is 0.410 e. The van der Waals surface area contributed by atoms with Crippen molar-refractivity contribution in [3.8, 4) is 0 Å².